The van der Waals surface area contributed by atoms with E-state index >= 15 is 0 Å². The van der Waals surface area contributed by atoms with Crippen LogP contribution in [0.1, 0.15) is 75.6 Å². The molecule has 1 heterocycles. The van der Waals surface area contributed by atoms with Gasteiger partial charge in [-0.25, -0.2) is 0 Å². The number of aliphatic hydroxyl groups is 1. The number of hydrogen-bond acceptors (Lipinski definition) is 2. The summed E-state index contributed by atoms with van der Waals surface area (Å²) in [4.78, 5) is 0. The molecule has 2 N–H and O–H groups in total. The van der Waals surface area contributed by atoms with Gasteiger partial charge in [0, 0.05) is 28.7 Å². The first-order valence-electron chi connectivity index (χ1n) is 12.9. The summed E-state index contributed by atoms with van der Waals surface area (Å²) < 4.78 is 2.46. The fraction of sp³-hybridized carbons (Fsp3) is 0.714. The van der Waals surface area contributed by atoms with Crippen molar-refractivity contribution in [3.05, 3.63) is 35.0 Å². The van der Waals surface area contributed by atoms with Gasteiger partial charge >= 0.3 is 0 Å². The third kappa shape index (κ3) is 3.63. The normalized spacial score (nSPS) is 36.2. The summed E-state index contributed by atoms with van der Waals surface area (Å²) in [6.07, 6.45) is 11.4. The van der Waals surface area contributed by atoms with Crippen molar-refractivity contribution in [2.24, 2.45) is 23.2 Å². The number of rotatable bonds is 5. The predicted molar refractivity (Wildman–Crippen MR) is 135 cm³/mol. The van der Waals surface area contributed by atoms with Crippen LogP contribution in [-0.2, 0) is 19.4 Å². The molecule has 0 radical (unpaired) electrons. The molecule has 176 valence electrons. The topological polar surface area (TPSA) is 37.2 Å². The van der Waals surface area contributed by atoms with Crippen LogP contribution in [0.4, 0.5) is 0 Å². The second-order valence-corrected chi connectivity index (χ2v) is 12.3. The van der Waals surface area contributed by atoms with E-state index in [4.69, 9.17) is 0 Å². The highest BCUT2D eigenvalue weighted by Gasteiger charge is 2.58. The monoisotopic (exact) mass is 456 g/mol. The van der Waals surface area contributed by atoms with Gasteiger partial charge < -0.3 is 15.0 Å². The Morgan fingerprint density at radius 1 is 1.12 bits per heavy atom. The van der Waals surface area contributed by atoms with Gasteiger partial charge in [-0.05, 0) is 106 Å². The molecule has 3 nitrogen and oxygen atoms in total. The molecule has 3 atom stereocenters. The van der Waals surface area contributed by atoms with Gasteiger partial charge in [0.05, 0.1) is 12.6 Å². The van der Waals surface area contributed by atoms with Gasteiger partial charge in [0.25, 0.3) is 0 Å². The fourth-order valence-electron chi connectivity index (χ4n) is 8.59. The summed E-state index contributed by atoms with van der Waals surface area (Å²) in [5.41, 5.74) is 6.51. The lowest BCUT2D eigenvalue weighted by molar-refractivity contribution is -0.108. The van der Waals surface area contributed by atoms with Crippen LogP contribution in [0.3, 0.4) is 0 Å². The Bertz CT molecular complexity index is 995. The molecule has 0 amide bonds. The molecule has 0 saturated heterocycles. The minimum Gasteiger partial charge on any atom is -0.390 e. The molecule has 5 aliphatic carbocycles. The van der Waals surface area contributed by atoms with Crippen LogP contribution < -0.4 is 5.32 Å². The number of benzene rings is 1. The number of nitrogens with one attached hydrogen (secondary N) is 1. The first kappa shape index (κ1) is 22.7. The van der Waals surface area contributed by atoms with E-state index in [1.807, 2.05) is 0 Å². The first-order chi connectivity index (χ1) is 14.8. The summed E-state index contributed by atoms with van der Waals surface area (Å²) in [6.45, 7) is 8.67. The van der Waals surface area contributed by atoms with Crippen molar-refractivity contribution >= 4 is 23.3 Å². The molecule has 0 spiro atoms. The van der Waals surface area contributed by atoms with Crippen LogP contribution in [0.2, 0.25) is 0 Å². The van der Waals surface area contributed by atoms with Crippen LogP contribution in [0.15, 0.2) is 18.2 Å². The van der Waals surface area contributed by atoms with E-state index in [2.05, 4.69) is 48.9 Å². The third-order valence-electron chi connectivity index (χ3n) is 9.71. The molecule has 4 heteroatoms. The van der Waals surface area contributed by atoms with Crippen molar-refractivity contribution in [3.8, 4) is 0 Å². The van der Waals surface area contributed by atoms with Crippen molar-refractivity contribution < 1.29 is 5.11 Å². The van der Waals surface area contributed by atoms with Gasteiger partial charge in [-0.2, -0.15) is 0 Å². The highest BCUT2D eigenvalue weighted by molar-refractivity contribution is 5.86. The van der Waals surface area contributed by atoms with E-state index < -0.39 is 0 Å². The Hall–Kier alpha value is -1.03. The molecule has 3 unspecified atom stereocenters. The maximum absolute atomic E-state index is 11.2. The molecule has 5 aliphatic rings. The summed E-state index contributed by atoms with van der Waals surface area (Å²) in [6, 6.07) is 6.87. The van der Waals surface area contributed by atoms with Gasteiger partial charge in [0.2, 0.25) is 0 Å². The molecular weight excluding hydrogens is 416 g/mol. The van der Waals surface area contributed by atoms with E-state index in [0.29, 0.717) is 5.41 Å². The second-order valence-electron chi connectivity index (χ2n) is 12.3. The van der Waals surface area contributed by atoms with Crippen molar-refractivity contribution in [1.82, 2.24) is 9.88 Å². The zero-order chi connectivity index (χ0) is 21.4. The maximum Gasteiger partial charge on any atom is 0.0843 e. The van der Waals surface area contributed by atoms with Crippen LogP contribution in [0.5, 0.6) is 0 Å². The van der Waals surface area contributed by atoms with E-state index in [1.54, 1.807) is 5.56 Å². The van der Waals surface area contributed by atoms with Gasteiger partial charge in [-0.3, -0.25) is 0 Å². The highest BCUT2D eigenvalue weighted by Crippen LogP contribution is 2.63. The molecular formula is C28H41ClN2O. The lowest BCUT2D eigenvalue weighted by Crippen LogP contribution is -2.64. The molecule has 0 aliphatic heterocycles. The SMILES string of the molecule is Cc1ccc2c(c1)c1c(n2CC(O)CNC23CC4CC(C)(CC(C2)C4C)C3)CCCC1.Cl. The summed E-state index contributed by atoms with van der Waals surface area (Å²) in [5.74, 6) is 2.67. The lowest BCUT2D eigenvalue weighted by atomic mass is 9.44. The van der Waals surface area contributed by atoms with Crippen LogP contribution >= 0.6 is 12.4 Å². The van der Waals surface area contributed by atoms with Crippen LogP contribution in [-0.4, -0.2) is 27.9 Å². The Morgan fingerprint density at radius 2 is 1.84 bits per heavy atom. The van der Waals surface area contributed by atoms with Crippen LogP contribution in [0.25, 0.3) is 10.9 Å². The molecule has 7 rings (SSSR count). The smallest absolute Gasteiger partial charge is 0.0843 e. The van der Waals surface area contributed by atoms with Gasteiger partial charge in [-0.1, -0.05) is 25.5 Å². The largest absolute Gasteiger partial charge is 0.390 e. The van der Waals surface area contributed by atoms with Crippen molar-refractivity contribution in [2.45, 2.75) is 96.7 Å². The average Bonchev–Trinajstić information content (AvgIpc) is 3.02. The number of fused-ring (bicyclic) bond motifs is 3. The number of aromatic nitrogens is 1. The Labute approximate surface area is 199 Å². The summed E-state index contributed by atoms with van der Waals surface area (Å²) in [5, 5.41) is 16.6. The molecule has 4 bridgehead atoms. The van der Waals surface area contributed by atoms with E-state index in [0.717, 1.165) is 37.3 Å². The minimum atomic E-state index is -0.332. The lowest BCUT2D eigenvalue weighted by Gasteiger charge is -2.64. The molecule has 1 aromatic heterocycles. The van der Waals surface area contributed by atoms with E-state index in [1.165, 1.54) is 73.5 Å². The number of β-amino-alcohol motifs (C(OH)–C–C–N with tert-alkyl or cyclic N) is 1. The zero-order valence-electron chi connectivity index (χ0n) is 20.1. The highest BCUT2D eigenvalue weighted by atomic mass is 35.5. The first-order valence-corrected chi connectivity index (χ1v) is 12.9. The third-order valence-corrected chi connectivity index (χ3v) is 9.71. The number of nitrogens with zero attached hydrogens (tertiary/aromatic N) is 1. The molecule has 4 fully saturated rings. The maximum atomic E-state index is 11.2. The van der Waals surface area contributed by atoms with Crippen molar-refractivity contribution in [2.75, 3.05) is 6.54 Å². The summed E-state index contributed by atoms with van der Waals surface area (Å²) >= 11 is 0. The van der Waals surface area contributed by atoms with Gasteiger partial charge in [-0.15, -0.1) is 12.4 Å². The molecule has 32 heavy (non-hydrogen) atoms. The quantitative estimate of drug-likeness (QED) is 0.596. The average molecular weight is 457 g/mol. The number of aryl methyl sites for hydroxylation is 2. The van der Waals surface area contributed by atoms with Gasteiger partial charge in [0.15, 0.2) is 0 Å². The Kier molecular flexibility index (Phi) is 5.71. The fourth-order valence-corrected chi connectivity index (χ4v) is 8.59. The van der Waals surface area contributed by atoms with Crippen molar-refractivity contribution in [1.29, 1.82) is 0 Å². The summed E-state index contributed by atoms with van der Waals surface area (Å²) in [7, 11) is 0. The number of halogens is 1. The van der Waals surface area contributed by atoms with Crippen molar-refractivity contribution in [3.63, 3.8) is 0 Å². The second kappa shape index (κ2) is 8.03. The van der Waals surface area contributed by atoms with E-state index in [9.17, 15) is 5.11 Å². The van der Waals surface area contributed by atoms with E-state index in [-0.39, 0.29) is 24.0 Å². The standard InChI is InChI=1S/C28H40N2O.ClH/c1-18-8-9-26-24(10-18)23-6-4-5-7-25(23)30(26)16-22(31)15-29-28-13-20-11-27(3,17-28)12-21(14-28)19(20)2;/h8-10,19-22,29,31H,4-7,11-17H2,1-3H3;1H. The van der Waals surface area contributed by atoms with Gasteiger partial charge in [0.1, 0.15) is 0 Å². The predicted octanol–water partition coefficient (Wildman–Crippen LogP) is 5.81. The molecule has 1 aromatic carbocycles. The van der Waals surface area contributed by atoms with Crippen LogP contribution in [0, 0.1) is 30.1 Å². The number of aliphatic hydroxyl groups excluding tert-OH is 1. The zero-order valence-corrected chi connectivity index (χ0v) is 20.9. The molecule has 4 saturated carbocycles. The Balaban J connectivity index is 0.00000216. The Morgan fingerprint density at radius 3 is 2.59 bits per heavy atom. The molecule has 2 aromatic rings. The number of hydrogen-bond donors (Lipinski definition) is 2. The minimum absolute atomic E-state index is 0.